The molecule has 0 spiro atoms. The van der Waals surface area contributed by atoms with Crippen LogP contribution >= 0.6 is 27.5 Å². The molecule has 176 valence electrons. The summed E-state index contributed by atoms with van der Waals surface area (Å²) in [6.07, 6.45) is 9.84. The van der Waals surface area contributed by atoms with Gasteiger partial charge in [0.15, 0.2) is 0 Å². The average Bonchev–Trinajstić information content (AvgIpc) is 3.33. The Balaban J connectivity index is 1.60. The quantitative estimate of drug-likeness (QED) is 0.550. The highest BCUT2D eigenvalue weighted by Crippen LogP contribution is 2.32. The third-order valence-electron chi connectivity index (χ3n) is 5.65. The molecule has 9 heteroatoms. The number of carbonyl (C=O) groups is 2. The number of halogens is 2. The number of anilines is 1. The minimum absolute atomic E-state index is 0.352. The number of primary amides is 1. The molecule has 1 aliphatic carbocycles. The molecule has 0 aromatic heterocycles. The molecule has 4 rings (SSSR count). The standard InChI is InChI=1S/C25H25BrClN5O2/c26-22-6-2-1-5-21(22)23(32(25(28)34)20-13-7-17(27)8-14-20)24(33)29-18-9-11-19(12-10-18)30-31-15-3-4-16-31/h1-2,5-14,18,23H,3-4,15-16H2,(H2,28,34)(H,29,33). The number of carbonyl (C=O) groups excluding carboxylic acids is 2. The molecule has 1 aliphatic heterocycles. The minimum atomic E-state index is -1.00. The van der Waals surface area contributed by atoms with Gasteiger partial charge in [-0.3, -0.25) is 14.7 Å². The summed E-state index contributed by atoms with van der Waals surface area (Å²) in [5.41, 5.74) is 7.68. The smallest absolute Gasteiger partial charge is 0.320 e. The first-order chi connectivity index (χ1) is 16.4. The van der Waals surface area contributed by atoms with Crippen LogP contribution in [0.25, 0.3) is 0 Å². The molecule has 34 heavy (non-hydrogen) atoms. The monoisotopic (exact) mass is 541 g/mol. The summed E-state index contributed by atoms with van der Waals surface area (Å²) in [6.45, 7) is 1.93. The predicted molar refractivity (Wildman–Crippen MR) is 139 cm³/mol. The summed E-state index contributed by atoms with van der Waals surface area (Å²) in [5.74, 6) is -0.375. The molecule has 7 nitrogen and oxygen atoms in total. The SMILES string of the molecule is NC(=O)N(c1ccc(Cl)cc1)C(C(=O)NC1C=CC(=NN2CCCC2)C=C1)c1ccccc1Br. The van der Waals surface area contributed by atoms with Crippen molar-refractivity contribution in [2.75, 3.05) is 18.0 Å². The molecule has 3 amide bonds. The van der Waals surface area contributed by atoms with E-state index in [1.54, 1.807) is 30.3 Å². The number of rotatable bonds is 6. The third kappa shape index (κ3) is 5.69. The van der Waals surface area contributed by atoms with E-state index in [1.807, 2.05) is 42.5 Å². The van der Waals surface area contributed by atoms with E-state index in [0.29, 0.717) is 20.7 Å². The Morgan fingerprint density at radius 1 is 1.09 bits per heavy atom. The van der Waals surface area contributed by atoms with Crippen LogP contribution in [0.1, 0.15) is 24.4 Å². The molecule has 3 N–H and O–H groups in total. The van der Waals surface area contributed by atoms with Gasteiger partial charge in [-0.1, -0.05) is 57.9 Å². The van der Waals surface area contributed by atoms with Gasteiger partial charge in [0.2, 0.25) is 5.91 Å². The number of benzene rings is 2. The molecule has 1 heterocycles. The first kappa shape index (κ1) is 24.0. The fraction of sp³-hybridized carbons (Fsp3) is 0.240. The molecule has 0 saturated carbocycles. The average molecular weight is 543 g/mol. The number of amides is 3. The first-order valence-corrected chi connectivity index (χ1v) is 12.2. The molecule has 2 aromatic rings. The van der Waals surface area contributed by atoms with E-state index >= 15 is 0 Å². The molecule has 0 bridgehead atoms. The van der Waals surface area contributed by atoms with Gasteiger partial charge in [0.1, 0.15) is 6.04 Å². The van der Waals surface area contributed by atoms with Crippen molar-refractivity contribution in [2.45, 2.75) is 24.9 Å². The van der Waals surface area contributed by atoms with Crippen LogP contribution in [0.2, 0.25) is 5.02 Å². The van der Waals surface area contributed by atoms with Crippen LogP contribution in [0.3, 0.4) is 0 Å². The lowest BCUT2D eigenvalue weighted by Gasteiger charge is -2.31. The Kier molecular flexibility index (Phi) is 7.70. The van der Waals surface area contributed by atoms with Gasteiger partial charge in [0, 0.05) is 28.3 Å². The molecule has 1 unspecified atom stereocenters. The second kappa shape index (κ2) is 10.9. The van der Waals surface area contributed by atoms with Crippen molar-refractivity contribution in [3.05, 3.63) is 87.9 Å². The zero-order chi connectivity index (χ0) is 24.1. The van der Waals surface area contributed by atoms with Crippen molar-refractivity contribution >= 4 is 50.9 Å². The van der Waals surface area contributed by atoms with E-state index < -0.39 is 12.1 Å². The summed E-state index contributed by atoms with van der Waals surface area (Å²) < 4.78 is 0.685. The maximum Gasteiger partial charge on any atom is 0.320 e. The van der Waals surface area contributed by atoms with E-state index in [9.17, 15) is 9.59 Å². The lowest BCUT2D eigenvalue weighted by atomic mass is 10.0. The van der Waals surface area contributed by atoms with Gasteiger partial charge in [-0.15, -0.1) is 0 Å². The Morgan fingerprint density at radius 2 is 1.74 bits per heavy atom. The minimum Gasteiger partial charge on any atom is -0.351 e. The molecule has 2 aromatic carbocycles. The number of hydrogen-bond donors (Lipinski definition) is 2. The lowest BCUT2D eigenvalue weighted by Crippen LogP contribution is -2.48. The van der Waals surface area contributed by atoms with Crippen LogP contribution in [0, 0.1) is 0 Å². The van der Waals surface area contributed by atoms with E-state index in [1.165, 1.54) is 4.90 Å². The van der Waals surface area contributed by atoms with Crippen LogP contribution in [0.4, 0.5) is 10.5 Å². The Morgan fingerprint density at radius 3 is 2.35 bits per heavy atom. The van der Waals surface area contributed by atoms with Gasteiger partial charge < -0.3 is 11.1 Å². The van der Waals surface area contributed by atoms with E-state index in [2.05, 4.69) is 31.4 Å². The van der Waals surface area contributed by atoms with Crippen molar-refractivity contribution in [3.8, 4) is 0 Å². The number of hydrazone groups is 1. The highest BCUT2D eigenvalue weighted by atomic mass is 79.9. The van der Waals surface area contributed by atoms with Crippen molar-refractivity contribution in [1.29, 1.82) is 0 Å². The van der Waals surface area contributed by atoms with E-state index in [-0.39, 0.29) is 11.9 Å². The van der Waals surface area contributed by atoms with Crippen LogP contribution in [0.5, 0.6) is 0 Å². The Bertz CT molecular complexity index is 1130. The molecule has 0 radical (unpaired) electrons. The largest absolute Gasteiger partial charge is 0.351 e. The fourth-order valence-electron chi connectivity index (χ4n) is 3.99. The molecule has 2 aliphatic rings. The summed E-state index contributed by atoms with van der Waals surface area (Å²) in [7, 11) is 0. The zero-order valence-electron chi connectivity index (χ0n) is 18.4. The van der Waals surface area contributed by atoms with Crippen LogP contribution in [-0.4, -0.2) is 41.8 Å². The number of nitrogens with two attached hydrogens (primary N) is 1. The number of nitrogens with one attached hydrogen (secondary N) is 1. The molecular formula is C25H25BrClN5O2. The second-order valence-corrected chi connectivity index (χ2v) is 9.34. The van der Waals surface area contributed by atoms with Gasteiger partial charge in [0.25, 0.3) is 0 Å². The third-order valence-corrected chi connectivity index (χ3v) is 6.62. The van der Waals surface area contributed by atoms with Crippen LogP contribution < -0.4 is 16.0 Å². The normalized spacial score (nSPS) is 18.0. The Hall–Kier alpha value is -3.10. The van der Waals surface area contributed by atoms with Crippen molar-refractivity contribution in [3.63, 3.8) is 0 Å². The van der Waals surface area contributed by atoms with E-state index in [4.69, 9.17) is 17.3 Å². The number of hydrogen-bond acceptors (Lipinski definition) is 4. The van der Waals surface area contributed by atoms with Crippen molar-refractivity contribution in [2.24, 2.45) is 10.8 Å². The highest BCUT2D eigenvalue weighted by molar-refractivity contribution is 9.10. The number of nitrogens with zero attached hydrogens (tertiary/aromatic N) is 3. The van der Waals surface area contributed by atoms with Gasteiger partial charge in [0.05, 0.1) is 11.8 Å². The van der Waals surface area contributed by atoms with Crippen molar-refractivity contribution in [1.82, 2.24) is 10.3 Å². The zero-order valence-corrected chi connectivity index (χ0v) is 20.7. The first-order valence-electron chi connectivity index (χ1n) is 11.0. The van der Waals surface area contributed by atoms with Crippen LogP contribution in [0.15, 0.2) is 82.4 Å². The summed E-state index contributed by atoms with van der Waals surface area (Å²) in [4.78, 5) is 27.4. The summed E-state index contributed by atoms with van der Waals surface area (Å²) >= 11 is 9.54. The second-order valence-electron chi connectivity index (χ2n) is 8.05. The molecule has 1 atom stereocenters. The maximum absolute atomic E-state index is 13.6. The maximum atomic E-state index is 13.6. The van der Waals surface area contributed by atoms with Gasteiger partial charge in [-0.25, -0.2) is 4.79 Å². The van der Waals surface area contributed by atoms with E-state index in [0.717, 1.165) is 31.6 Å². The lowest BCUT2D eigenvalue weighted by molar-refractivity contribution is -0.122. The summed E-state index contributed by atoms with van der Waals surface area (Å²) in [5, 5.41) is 10.2. The number of urea groups is 1. The molecular weight excluding hydrogens is 518 g/mol. The molecule has 1 fully saturated rings. The molecule has 1 saturated heterocycles. The van der Waals surface area contributed by atoms with Crippen LogP contribution in [-0.2, 0) is 4.79 Å². The predicted octanol–water partition coefficient (Wildman–Crippen LogP) is 4.79. The summed E-state index contributed by atoms with van der Waals surface area (Å²) in [6, 6.07) is 11.8. The highest BCUT2D eigenvalue weighted by Gasteiger charge is 2.33. The van der Waals surface area contributed by atoms with Crippen molar-refractivity contribution < 1.29 is 9.59 Å². The fourth-order valence-corrected chi connectivity index (χ4v) is 4.62. The van der Waals surface area contributed by atoms with Gasteiger partial charge in [-0.05, 0) is 60.9 Å². The van der Waals surface area contributed by atoms with Gasteiger partial charge in [-0.2, -0.15) is 5.10 Å². The Labute approximate surface area is 212 Å². The van der Waals surface area contributed by atoms with Gasteiger partial charge >= 0.3 is 6.03 Å². The number of allylic oxidation sites excluding steroid dienone is 2. The topological polar surface area (TPSA) is 91.0 Å².